The Labute approximate surface area is 187 Å². The van der Waals surface area contributed by atoms with Crippen molar-refractivity contribution < 1.29 is 14.3 Å². The summed E-state index contributed by atoms with van der Waals surface area (Å²) >= 11 is 6.21. The van der Waals surface area contributed by atoms with E-state index >= 15 is 0 Å². The third-order valence-electron chi connectivity index (χ3n) is 5.58. The van der Waals surface area contributed by atoms with Crippen LogP contribution >= 0.6 is 11.6 Å². The van der Waals surface area contributed by atoms with Gasteiger partial charge in [-0.2, -0.15) is 0 Å². The Morgan fingerprint density at radius 1 is 1.13 bits per heavy atom. The minimum Gasteiger partial charge on any atom is -0.496 e. The zero-order chi connectivity index (χ0) is 21.6. The molecule has 3 aromatic rings. The van der Waals surface area contributed by atoms with E-state index in [0.717, 1.165) is 43.6 Å². The number of aromatic nitrogens is 1. The SMILES string of the molecule is COc1ccccc1CN1CCC(NC(=O)COc2ccc(Cl)c3cccnc23)CC1. The van der Waals surface area contributed by atoms with Crippen LogP contribution in [0.1, 0.15) is 18.4 Å². The third kappa shape index (κ3) is 5.27. The number of nitrogens with zero attached hydrogens (tertiary/aromatic N) is 2. The van der Waals surface area contributed by atoms with Crippen LogP contribution in [0, 0.1) is 0 Å². The first-order valence-corrected chi connectivity index (χ1v) is 10.8. The molecule has 1 aliphatic heterocycles. The predicted octanol–water partition coefficient (Wildman–Crippen LogP) is 4.06. The van der Waals surface area contributed by atoms with Crippen LogP contribution in [-0.2, 0) is 11.3 Å². The van der Waals surface area contributed by atoms with Crippen molar-refractivity contribution in [3.05, 3.63) is 65.3 Å². The van der Waals surface area contributed by atoms with Crippen molar-refractivity contribution in [1.82, 2.24) is 15.2 Å². The highest BCUT2D eigenvalue weighted by Gasteiger charge is 2.21. The molecular weight excluding hydrogens is 414 g/mol. The number of likely N-dealkylation sites (tertiary alicyclic amines) is 1. The number of hydrogen-bond donors (Lipinski definition) is 1. The van der Waals surface area contributed by atoms with Gasteiger partial charge in [-0.1, -0.05) is 29.8 Å². The average molecular weight is 440 g/mol. The quantitative estimate of drug-likeness (QED) is 0.601. The summed E-state index contributed by atoms with van der Waals surface area (Å²) in [4.78, 5) is 19.2. The van der Waals surface area contributed by atoms with Gasteiger partial charge in [0.2, 0.25) is 0 Å². The fraction of sp³-hybridized carbons (Fsp3) is 0.333. The van der Waals surface area contributed by atoms with E-state index in [1.54, 1.807) is 25.4 Å². The van der Waals surface area contributed by atoms with Crippen molar-refractivity contribution in [3.8, 4) is 11.5 Å². The zero-order valence-corrected chi connectivity index (χ0v) is 18.3. The monoisotopic (exact) mass is 439 g/mol. The highest BCUT2D eigenvalue weighted by atomic mass is 35.5. The first kappa shape index (κ1) is 21.4. The summed E-state index contributed by atoms with van der Waals surface area (Å²) in [5.41, 5.74) is 1.84. The first-order valence-electron chi connectivity index (χ1n) is 10.4. The van der Waals surface area contributed by atoms with E-state index in [1.165, 1.54) is 5.56 Å². The third-order valence-corrected chi connectivity index (χ3v) is 5.91. The van der Waals surface area contributed by atoms with Crippen molar-refractivity contribution in [2.75, 3.05) is 26.8 Å². The molecule has 162 valence electrons. The van der Waals surface area contributed by atoms with Gasteiger partial charge in [-0.25, -0.2) is 0 Å². The molecule has 6 nitrogen and oxygen atoms in total. The molecule has 7 heteroatoms. The summed E-state index contributed by atoms with van der Waals surface area (Å²) in [5, 5.41) is 4.51. The maximum atomic E-state index is 12.4. The Morgan fingerprint density at radius 3 is 2.74 bits per heavy atom. The summed E-state index contributed by atoms with van der Waals surface area (Å²) < 4.78 is 11.2. The van der Waals surface area contributed by atoms with Gasteiger partial charge in [0.15, 0.2) is 6.61 Å². The number of methoxy groups -OCH3 is 1. The molecule has 31 heavy (non-hydrogen) atoms. The van der Waals surface area contributed by atoms with E-state index < -0.39 is 0 Å². The number of rotatable bonds is 7. The Morgan fingerprint density at radius 2 is 1.94 bits per heavy atom. The molecule has 0 spiro atoms. The van der Waals surface area contributed by atoms with Gasteiger partial charge in [-0.05, 0) is 43.2 Å². The second-order valence-electron chi connectivity index (χ2n) is 7.66. The fourth-order valence-electron chi connectivity index (χ4n) is 3.95. The van der Waals surface area contributed by atoms with E-state index in [0.29, 0.717) is 16.3 Å². The molecular formula is C24H26ClN3O3. The molecule has 1 N–H and O–H groups in total. The summed E-state index contributed by atoms with van der Waals surface area (Å²) in [6, 6.07) is 15.5. The van der Waals surface area contributed by atoms with Crippen molar-refractivity contribution in [1.29, 1.82) is 0 Å². The number of amides is 1. The summed E-state index contributed by atoms with van der Waals surface area (Å²) in [6.07, 6.45) is 3.50. The molecule has 1 aromatic heterocycles. The summed E-state index contributed by atoms with van der Waals surface area (Å²) in [7, 11) is 1.70. The first-order chi connectivity index (χ1) is 15.1. The summed E-state index contributed by atoms with van der Waals surface area (Å²) in [6.45, 7) is 2.66. The van der Waals surface area contributed by atoms with Crippen LogP contribution < -0.4 is 14.8 Å². The largest absolute Gasteiger partial charge is 0.496 e. The lowest BCUT2D eigenvalue weighted by Gasteiger charge is -2.32. The fourth-order valence-corrected chi connectivity index (χ4v) is 4.17. The Bertz CT molecular complexity index is 1050. The second kappa shape index (κ2) is 9.98. The zero-order valence-electron chi connectivity index (χ0n) is 17.5. The maximum absolute atomic E-state index is 12.4. The molecule has 1 amide bonds. The van der Waals surface area contributed by atoms with Crippen molar-refractivity contribution in [3.63, 3.8) is 0 Å². The van der Waals surface area contributed by atoms with E-state index in [-0.39, 0.29) is 18.6 Å². The number of nitrogens with one attached hydrogen (secondary N) is 1. The Balaban J connectivity index is 1.26. The molecule has 0 radical (unpaired) electrons. The van der Waals surface area contributed by atoms with Crippen LogP contribution in [0.5, 0.6) is 11.5 Å². The van der Waals surface area contributed by atoms with Gasteiger partial charge in [0, 0.05) is 42.8 Å². The lowest BCUT2D eigenvalue weighted by molar-refractivity contribution is -0.124. The number of fused-ring (bicyclic) bond motifs is 1. The number of pyridine rings is 1. The molecule has 0 atom stereocenters. The Hall–Kier alpha value is -2.83. The minimum atomic E-state index is -0.123. The minimum absolute atomic E-state index is 0.0469. The number of piperidine rings is 1. The topological polar surface area (TPSA) is 63.7 Å². The van der Waals surface area contributed by atoms with Crippen LogP contribution in [0.15, 0.2) is 54.7 Å². The number of halogens is 1. The molecule has 4 rings (SSSR count). The van der Waals surface area contributed by atoms with E-state index in [2.05, 4.69) is 21.3 Å². The van der Waals surface area contributed by atoms with Gasteiger partial charge < -0.3 is 14.8 Å². The number of para-hydroxylation sites is 1. The van der Waals surface area contributed by atoms with Gasteiger partial charge >= 0.3 is 0 Å². The lowest BCUT2D eigenvalue weighted by Crippen LogP contribution is -2.45. The smallest absolute Gasteiger partial charge is 0.258 e. The number of hydrogen-bond acceptors (Lipinski definition) is 5. The van der Waals surface area contributed by atoms with Gasteiger partial charge in [-0.3, -0.25) is 14.7 Å². The maximum Gasteiger partial charge on any atom is 0.258 e. The van der Waals surface area contributed by atoms with E-state index in [1.807, 2.05) is 30.3 Å². The summed E-state index contributed by atoms with van der Waals surface area (Å²) in [5.74, 6) is 1.35. The standard InChI is InChI=1S/C24H26ClN3O3/c1-30-21-7-3-2-5-17(21)15-28-13-10-18(11-14-28)27-23(29)16-31-22-9-8-20(25)19-6-4-12-26-24(19)22/h2-9,12,18H,10-11,13-16H2,1H3,(H,27,29). The normalized spacial score (nSPS) is 15.0. The molecule has 1 aliphatic rings. The van der Waals surface area contributed by atoms with Crippen LogP contribution in [0.25, 0.3) is 10.9 Å². The van der Waals surface area contributed by atoms with Gasteiger partial charge in [0.1, 0.15) is 17.0 Å². The van der Waals surface area contributed by atoms with Crippen LogP contribution in [0.2, 0.25) is 5.02 Å². The Kier molecular flexibility index (Phi) is 6.89. The second-order valence-corrected chi connectivity index (χ2v) is 8.07. The number of carbonyl (C=O) groups is 1. The van der Waals surface area contributed by atoms with Crippen molar-refractivity contribution in [2.45, 2.75) is 25.4 Å². The number of carbonyl (C=O) groups excluding carboxylic acids is 1. The molecule has 2 heterocycles. The molecule has 0 aliphatic carbocycles. The van der Waals surface area contributed by atoms with Crippen molar-refractivity contribution in [2.24, 2.45) is 0 Å². The highest BCUT2D eigenvalue weighted by Crippen LogP contribution is 2.29. The van der Waals surface area contributed by atoms with Gasteiger partial charge in [-0.15, -0.1) is 0 Å². The van der Waals surface area contributed by atoms with Crippen LogP contribution in [0.3, 0.4) is 0 Å². The molecule has 0 unspecified atom stereocenters. The van der Waals surface area contributed by atoms with Gasteiger partial charge in [0.25, 0.3) is 5.91 Å². The van der Waals surface area contributed by atoms with Crippen LogP contribution in [-0.4, -0.2) is 48.6 Å². The number of ether oxygens (including phenoxy) is 2. The predicted molar refractivity (Wildman–Crippen MR) is 122 cm³/mol. The van der Waals surface area contributed by atoms with Gasteiger partial charge in [0.05, 0.1) is 12.1 Å². The van der Waals surface area contributed by atoms with Crippen molar-refractivity contribution >= 4 is 28.4 Å². The van der Waals surface area contributed by atoms with Crippen LogP contribution in [0.4, 0.5) is 0 Å². The number of benzene rings is 2. The molecule has 0 saturated carbocycles. The highest BCUT2D eigenvalue weighted by molar-refractivity contribution is 6.35. The lowest BCUT2D eigenvalue weighted by atomic mass is 10.0. The van der Waals surface area contributed by atoms with E-state index in [4.69, 9.17) is 21.1 Å². The molecule has 2 aromatic carbocycles. The average Bonchev–Trinajstić information content (AvgIpc) is 2.80. The molecule has 1 saturated heterocycles. The molecule has 1 fully saturated rings. The van der Waals surface area contributed by atoms with E-state index in [9.17, 15) is 4.79 Å². The molecule has 0 bridgehead atoms.